The van der Waals surface area contributed by atoms with Crippen molar-refractivity contribution in [3.05, 3.63) is 168 Å². The van der Waals surface area contributed by atoms with E-state index < -0.39 is 0 Å². The Kier molecular flexibility index (Phi) is 11.5. The fraction of sp³-hybridized carbons (Fsp3) is 0.0476. The van der Waals surface area contributed by atoms with Crippen LogP contribution < -0.4 is 21.2 Å². The lowest BCUT2D eigenvalue weighted by Gasteiger charge is -2.04. The van der Waals surface area contributed by atoms with Crippen molar-refractivity contribution in [1.82, 2.24) is 19.9 Å². The monoisotopic (exact) mass is 628 g/mol. The molecule has 0 unspecified atom stereocenters. The van der Waals surface area contributed by atoms with Crippen LogP contribution in [0.1, 0.15) is 25.1 Å². The lowest BCUT2D eigenvalue weighted by molar-refractivity contribution is 1.27. The minimum atomic E-state index is 0.754. The average Bonchev–Trinajstić information content (AvgIpc) is 3.65. The van der Waals surface area contributed by atoms with Gasteiger partial charge in [-0.3, -0.25) is 0 Å². The summed E-state index contributed by atoms with van der Waals surface area (Å²) in [5.41, 5.74) is 9.63. The Balaban J connectivity index is 0.000000149. The molecule has 0 saturated carbocycles. The Labute approximate surface area is 281 Å². The molecule has 0 amide bonds. The molecule has 0 bridgehead atoms. The van der Waals surface area contributed by atoms with E-state index in [0.29, 0.717) is 0 Å². The van der Waals surface area contributed by atoms with E-state index in [9.17, 15) is 0 Å². The van der Waals surface area contributed by atoms with E-state index in [4.69, 9.17) is 4.98 Å². The number of hydrogen-bond acceptors (Lipinski definition) is 4. The van der Waals surface area contributed by atoms with Crippen molar-refractivity contribution in [3.8, 4) is 0 Å². The third-order valence-corrected chi connectivity index (χ3v) is 7.28. The van der Waals surface area contributed by atoms with Gasteiger partial charge in [0.1, 0.15) is 11.0 Å². The van der Waals surface area contributed by atoms with E-state index >= 15 is 0 Å². The van der Waals surface area contributed by atoms with Gasteiger partial charge < -0.3 is 20.6 Å². The quantitative estimate of drug-likeness (QED) is 0.142. The first kappa shape index (κ1) is 33.0. The van der Waals surface area contributed by atoms with Crippen LogP contribution >= 0.6 is 0 Å². The zero-order chi connectivity index (χ0) is 33.6. The van der Waals surface area contributed by atoms with Crippen LogP contribution in [0, 0.1) is 0 Å². The Morgan fingerprint density at radius 3 is 1.44 bits per heavy atom. The number of aromatic amines is 2. The van der Waals surface area contributed by atoms with E-state index in [0.717, 1.165) is 66.9 Å². The van der Waals surface area contributed by atoms with Gasteiger partial charge >= 0.3 is 0 Å². The number of nitrogens with zero attached hydrogens (tertiary/aromatic N) is 2. The highest BCUT2D eigenvalue weighted by Crippen LogP contribution is 2.23. The van der Waals surface area contributed by atoms with Gasteiger partial charge in [0, 0.05) is 44.6 Å². The van der Waals surface area contributed by atoms with Crippen LogP contribution in [0.3, 0.4) is 0 Å². The third kappa shape index (κ3) is 8.44. The van der Waals surface area contributed by atoms with Gasteiger partial charge in [0.25, 0.3) is 0 Å². The van der Waals surface area contributed by atoms with Gasteiger partial charge in [-0.05, 0) is 74.5 Å². The van der Waals surface area contributed by atoms with Crippen molar-refractivity contribution < 1.29 is 0 Å². The predicted octanol–water partition coefficient (Wildman–Crippen LogP) is 9.74. The van der Waals surface area contributed by atoms with Crippen LogP contribution in [-0.4, -0.2) is 19.9 Å². The molecule has 7 rings (SSSR count). The summed E-state index contributed by atoms with van der Waals surface area (Å²) < 4.78 is 0. The van der Waals surface area contributed by atoms with E-state index in [-0.39, 0.29) is 0 Å². The molecule has 7 aromatic rings. The zero-order valence-corrected chi connectivity index (χ0v) is 27.3. The Morgan fingerprint density at radius 1 is 0.583 bits per heavy atom. The lowest BCUT2D eigenvalue weighted by Crippen LogP contribution is -2.22. The van der Waals surface area contributed by atoms with Crippen LogP contribution in [0.15, 0.2) is 147 Å². The number of anilines is 4. The summed E-state index contributed by atoms with van der Waals surface area (Å²) in [5, 5.41) is 8.61. The molecule has 4 aromatic carbocycles. The largest absolute Gasteiger partial charge is 0.356 e. The molecule has 6 heteroatoms. The molecule has 0 aliphatic heterocycles. The van der Waals surface area contributed by atoms with E-state index in [1.807, 2.05) is 166 Å². The minimum absolute atomic E-state index is 0.754. The maximum atomic E-state index is 4.81. The van der Waals surface area contributed by atoms with Crippen molar-refractivity contribution >= 4 is 69.4 Å². The van der Waals surface area contributed by atoms with Crippen LogP contribution in [-0.2, 0) is 0 Å². The first-order valence-corrected chi connectivity index (χ1v) is 15.8. The molecular formula is C42H40N6. The van der Waals surface area contributed by atoms with Crippen molar-refractivity contribution in [3.63, 3.8) is 0 Å². The van der Waals surface area contributed by atoms with Crippen molar-refractivity contribution in [1.29, 1.82) is 0 Å². The van der Waals surface area contributed by atoms with E-state index in [1.54, 1.807) is 6.08 Å². The van der Waals surface area contributed by atoms with Crippen LogP contribution in [0.4, 0.5) is 22.7 Å². The fourth-order valence-electron chi connectivity index (χ4n) is 5.10. The molecule has 0 fully saturated rings. The van der Waals surface area contributed by atoms with Gasteiger partial charge in [-0.15, -0.1) is 0 Å². The topological polar surface area (TPSA) is 81.4 Å². The van der Waals surface area contributed by atoms with Gasteiger partial charge in [-0.25, -0.2) is 9.97 Å². The summed E-state index contributed by atoms with van der Waals surface area (Å²) >= 11 is 0. The molecule has 0 aliphatic carbocycles. The smallest absolute Gasteiger partial charge is 0.159 e. The van der Waals surface area contributed by atoms with Gasteiger partial charge in [-0.1, -0.05) is 110 Å². The maximum Gasteiger partial charge on any atom is 0.159 e. The van der Waals surface area contributed by atoms with Gasteiger partial charge in [0.05, 0.1) is 0 Å². The molecule has 3 aromatic heterocycles. The van der Waals surface area contributed by atoms with Crippen LogP contribution in [0.25, 0.3) is 46.6 Å². The lowest BCUT2D eigenvalue weighted by atomic mass is 10.2. The minimum Gasteiger partial charge on any atom is -0.356 e. The number of H-pyrrole nitrogens is 2. The molecular weight excluding hydrogens is 589 g/mol. The van der Waals surface area contributed by atoms with Crippen LogP contribution in [0.2, 0.25) is 0 Å². The second-order valence-corrected chi connectivity index (χ2v) is 10.6. The summed E-state index contributed by atoms with van der Waals surface area (Å²) in [6, 6.07) is 40.6. The number of benzene rings is 4. The molecule has 6 nitrogen and oxygen atoms in total. The van der Waals surface area contributed by atoms with Gasteiger partial charge in [0.15, 0.2) is 11.3 Å². The maximum absolute atomic E-state index is 4.81. The number of hydrogen-bond donors (Lipinski definition) is 4. The summed E-state index contributed by atoms with van der Waals surface area (Å²) in [6.07, 6.45) is 11.5. The molecule has 0 aliphatic rings. The number of para-hydroxylation sites is 4. The van der Waals surface area contributed by atoms with Gasteiger partial charge in [-0.2, -0.15) is 0 Å². The highest BCUT2D eigenvalue weighted by atomic mass is 15.0. The Hall–Kier alpha value is -6.40. The summed E-state index contributed by atoms with van der Waals surface area (Å²) in [4.78, 5) is 16.1. The van der Waals surface area contributed by atoms with Gasteiger partial charge in [0.2, 0.25) is 0 Å². The molecule has 4 N–H and O–H groups in total. The number of rotatable bonds is 7. The third-order valence-electron chi connectivity index (χ3n) is 7.28. The van der Waals surface area contributed by atoms with Crippen molar-refractivity contribution in [2.45, 2.75) is 13.8 Å². The standard InChI is InChI=1S/C18H18N4.2C12H11N/c1-5-9-13-11(7-3)15-17(19-13)22-18-16(21-15)12(8-4)14(20-18)10-6-2;2*1-3-7-11(8-4-1)13-12-9-5-2-6-10-12/h5-10H,1,4H2,2-3H3,(H2,19,20,22);2*1-10,13H/b10-6-,11-7+,13-9+;;. The highest BCUT2D eigenvalue weighted by molar-refractivity contribution is 5.92. The Bertz CT molecular complexity index is 2060. The Morgan fingerprint density at radius 2 is 1.04 bits per heavy atom. The predicted molar refractivity (Wildman–Crippen MR) is 207 cm³/mol. The summed E-state index contributed by atoms with van der Waals surface area (Å²) in [7, 11) is 0. The van der Waals surface area contributed by atoms with E-state index in [1.165, 1.54) is 0 Å². The second-order valence-electron chi connectivity index (χ2n) is 10.6. The SMILES string of the molecule is C=C/C=c1/[nH]c2nc3[nH]c(/C=C\C)c(C=C)c3nc2/c1=C/C.c1ccc(Nc2ccccc2)cc1.c1ccc(Nc2ccccc2)cc1. The summed E-state index contributed by atoms with van der Waals surface area (Å²) in [5.74, 6) is 0. The molecule has 238 valence electrons. The number of nitrogens with one attached hydrogen (secondary N) is 4. The molecule has 0 radical (unpaired) electrons. The number of aromatic nitrogens is 4. The molecule has 0 atom stereocenters. The second kappa shape index (κ2) is 16.8. The first-order chi connectivity index (χ1) is 23.6. The first-order valence-electron chi connectivity index (χ1n) is 15.8. The normalized spacial score (nSPS) is 11.5. The molecule has 0 saturated heterocycles. The summed E-state index contributed by atoms with van der Waals surface area (Å²) in [6.45, 7) is 11.6. The number of allylic oxidation sites excluding steroid dienone is 2. The zero-order valence-electron chi connectivity index (χ0n) is 27.3. The highest BCUT2D eigenvalue weighted by Gasteiger charge is 2.13. The van der Waals surface area contributed by atoms with E-state index in [2.05, 4.69) is 38.7 Å². The van der Waals surface area contributed by atoms with Crippen molar-refractivity contribution in [2.24, 2.45) is 0 Å². The van der Waals surface area contributed by atoms with Crippen LogP contribution in [0.5, 0.6) is 0 Å². The average molecular weight is 629 g/mol. The van der Waals surface area contributed by atoms with Crippen molar-refractivity contribution in [2.75, 3.05) is 10.6 Å². The molecule has 3 heterocycles. The number of fused-ring (bicyclic) bond motifs is 2. The fourth-order valence-corrected chi connectivity index (χ4v) is 5.10. The molecule has 48 heavy (non-hydrogen) atoms. The molecule has 0 spiro atoms.